The molecular formula is C15H19BrN4O. The van der Waals surface area contributed by atoms with Crippen LogP contribution in [-0.2, 0) is 0 Å². The van der Waals surface area contributed by atoms with Crippen LogP contribution in [0.1, 0.15) is 29.9 Å². The van der Waals surface area contributed by atoms with Gasteiger partial charge in [0.15, 0.2) is 0 Å². The number of carbonyl (C=O) groups excluding carboxylic acids is 1. The molecule has 0 unspecified atom stereocenters. The highest BCUT2D eigenvalue weighted by molar-refractivity contribution is 9.10. The average molecular weight is 351 g/mol. The molecular weight excluding hydrogens is 332 g/mol. The van der Waals surface area contributed by atoms with Crippen LogP contribution in [0.2, 0.25) is 0 Å². The van der Waals surface area contributed by atoms with Crippen LogP contribution < -0.4 is 11.1 Å². The third-order valence-electron chi connectivity index (χ3n) is 3.29. The Morgan fingerprint density at radius 3 is 2.57 bits per heavy atom. The largest absolute Gasteiger partial charge is 0.346 e. The minimum atomic E-state index is -0.441. The Labute approximate surface area is 132 Å². The molecule has 1 aromatic carbocycles. The summed E-state index contributed by atoms with van der Waals surface area (Å²) in [5.41, 5.74) is 7.46. The van der Waals surface area contributed by atoms with E-state index >= 15 is 0 Å². The van der Waals surface area contributed by atoms with Crippen molar-refractivity contribution in [2.75, 3.05) is 6.54 Å². The number of rotatable bonds is 4. The molecule has 0 spiro atoms. The molecule has 2 aromatic rings. The van der Waals surface area contributed by atoms with Gasteiger partial charge >= 0.3 is 0 Å². The van der Waals surface area contributed by atoms with Gasteiger partial charge in [-0.25, -0.2) is 4.68 Å². The van der Waals surface area contributed by atoms with Crippen LogP contribution in [-0.4, -0.2) is 27.8 Å². The van der Waals surface area contributed by atoms with Crippen molar-refractivity contribution >= 4 is 21.8 Å². The van der Waals surface area contributed by atoms with Gasteiger partial charge in [0.2, 0.25) is 0 Å². The number of nitrogens with zero attached hydrogens (tertiary/aromatic N) is 2. The van der Waals surface area contributed by atoms with Crippen LogP contribution in [0.25, 0.3) is 5.69 Å². The van der Waals surface area contributed by atoms with E-state index in [9.17, 15) is 4.79 Å². The lowest BCUT2D eigenvalue weighted by atomic mass is 10.1. The zero-order valence-corrected chi connectivity index (χ0v) is 13.9. The molecule has 5 nitrogen and oxygen atoms in total. The summed E-state index contributed by atoms with van der Waals surface area (Å²) >= 11 is 3.40. The normalized spacial score (nSPS) is 11.5. The SMILES string of the molecule is Cc1c(C(=O)NC(C)(C)CN)cnn1-c1ccc(Br)cc1. The van der Waals surface area contributed by atoms with E-state index in [1.165, 1.54) is 0 Å². The highest BCUT2D eigenvalue weighted by Gasteiger charge is 2.22. The molecule has 0 saturated carbocycles. The smallest absolute Gasteiger partial charge is 0.255 e. The standard InChI is InChI=1S/C15H19BrN4O/c1-10-13(14(21)19-15(2,3)9-17)8-18-20(10)12-6-4-11(16)5-7-12/h4-8H,9,17H2,1-3H3,(H,19,21). The van der Waals surface area contributed by atoms with Crippen molar-refractivity contribution in [2.45, 2.75) is 26.3 Å². The van der Waals surface area contributed by atoms with Gasteiger partial charge in [0, 0.05) is 16.6 Å². The number of nitrogens with two attached hydrogens (primary N) is 1. The maximum Gasteiger partial charge on any atom is 0.255 e. The highest BCUT2D eigenvalue weighted by atomic mass is 79.9. The molecule has 2 rings (SSSR count). The quantitative estimate of drug-likeness (QED) is 0.889. The minimum Gasteiger partial charge on any atom is -0.346 e. The number of halogens is 1. The third-order valence-corrected chi connectivity index (χ3v) is 3.82. The van der Waals surface area contributed by atoms with E-state index in [1.807, 2.05) is 45.0 Å². The van der Waals surface area contributed by atoms with Gasteiger partial charge in [-0.3, -0.25) is 4.79 Å². The molecule has 3 N–H and O–H groups in total. The predicted octanol–water partition coefficient (Wildman–Crippen LogP) is 2.41. The molecule has 0 radical (unpaired) electrons. The maximum atomic E-state index is 12.3. The van der Waals surface area contributed by atoms with Crippen LogP contribution in [0.15, 0.2) is 34.9 Å². The summed E-state index contributed by atoms with van der Waals surface area (Å²) in [6.07, 6.45) is 1.58. The molecule has 1 heterocycles. The van der Waals surface area contributed by atoms with E-state index in [0.29, 0.717) is 12.1 Å². The van der Waals surface area contributed by atoms with Crippen LogP contribution in [0.3, 0.4) is 0 Å². The maximum absolute atomic E-state index is 12.3. The number of hydrogen-bond donors (Lipinski definition) is 2. The van der Waals surface area contributed by atoms with E-state index in [0.717, 1.165) is 15.9 Å². The van der Waals surface area contributed by atoms with Gasteiger partial charge in [0.25, 0.3) is 5.91 Å². The Kier molecular flexibility index (Phi) is 4.49. The summed E-state index contributed by atoms with van der Waals surface area (Å²) in [6.45, 7) is 6.02. The van der Waals surface area contributed by atoms with Crippen molar-refractivity contribution in [1.82, 2.24) is 15.1 Å². The van der Waals surface area contributed by atoms with E-state index in [2.05, 4.69) is 26.3 Å². The molecule has 112 valence electrons. The average Bonchev–Trinajstić information content (AvgIpc) is 2.81. The Morgan fingerprint density at radius 2 is 2.00 bits per heavy atom. The lowest BCUT2D eigenvalue weighted by Crippen LogP contribution is -2.48. The van der Waals surface area contributed by atoms with Gasteiger partial charge in [-0.2, -0.15) is 5.10 Å². The molecule has 0 aliphatic carbocycles. The molecule has 0 bridgehead atoms. The first-order valence-electron chi connectivity index (χ1n) is 6.67. The summed E-state index contributed by atoms with van der Waals surface area (Å²) in [5, 5.41) is 7.21. The molecule has 0 saturated heterocycles. The van der Waals surface area contributed by atoms with Gasteiger partial charge < -0.3 is 11.1 Å². The summed E-state index contributed by atoms with van der Waals surface area (Å²) in [4.78, 5) is 12.3. The highest BCUT2D eigenvalue weighted by Crippen LogP contribution is 2.17. The van der Waals surface area contributed by atoms with Crippen molar-refractivity contribution in [3.8, 4) is 5.69 Å². The van der Waals surface area contributed by atoms with Gasteiger partial charge in [0.1, 0.15) is 0 Å². The first-order chi connectivity index (χ1) is 9.84. The fraction of sp³-hybridized carbons (Fsp3) is 0.333. The molecule has 6 heteroatoms. The lowest BCUT2D eigenvalue weighted by Gasteiger charge is -2.24. The summed E-state index contributed by atoms with van der Waals surface area (Å²) in [6, 6.07) is 7.76. The second-order valence-corrected chi connectivity index (χ2v) is 6.49. The van der Waals surface area contributed by atoms with Gasteiger partial charge in [-0.1, -0.05) is 15.9 Å². The van der Waals surface area contributed by atoms with Gasteiger partial charge in [-0.05, 0) is 45.0 Å². The summed E-state index contributed by atoms with van der Waals surface area (Å²) in [7, 11) is 0. The van der Waals surface area contributed by atoms with Crippen molar-refractivity contribution in [3.63, 3.8) is 0 Å². The predicted molar refractivity (Wildman–Crippen MR) is 86.6 cm³/mol. The van der Waals surface area contributed by atoms with Crippen LogP contribution in [0.5, 0.6) is 0 Å². The topological polar surface area (TPSA) is 72.9 Å². The Hall–Kier alpha value is -1.66. The van der Waals surface area contributed by atoms with E-state index in [4.69, 9.17) is 5.73 Å². The minimum absolute atomic E-state index is 0.161. The number of amides is 1. The third kappa shape index (κ3) is 3.51. The number of carbonyl (C=O) groups is 1. The second-order valence-electron chi connectivity index (χ2n) is 5.57. The van der Waals surface area contributed by atoms with E-state index in [1.54, 1.807) is 10.9 Å². The van der Waals surface area contributed by atoms with Crippen LogP contribution in [0.4, 0.5) is 0 Å². The number of benzene rings is 1. The molecule has 21 heavy (non-hydrogen) atoms. The monoisotopic (exact) mass is 350 g/mol. The Balaban J connectivity index is 2.28. The second kappa shape index (κ2) is 5.99. The van der Waals surface area contributed by atoms with Crippen molar-refractivity contribution in [3.05, 3.63) is 46.2 Å². The first-order valence-corrected chi connectivity index (χ1v) is 7.46. The number of aromatic nitrogens is 2. The molecule has 0 fully saturated rings. The molecule has 0 aliphatic rings. The van der Waals surface area contributed by atoms with Crippen LogP contribution >= 0.6 is 15.9 Å². The van der Waals surface area contributed by atoms with E-state index in [-0.39, 0.29) is 5.91 Å². The Bertz CT molecular complexity index is 646. The zero-order chi connectivity index (χ0) is 15.6. The number of hydrogen-bond acceptors (Lipinski definition) is 3. The zero-order valence-electron chi connectivity index (χ0n) is 12.4. The van der Waals surface area contributed by atoms with Crippen molar-refractivity contribution in [1.29, 1.82) is 0 Å². The van der Waals surface area contributed by atoms with Crippen molar-refractivity contribution < 1.29 is 4.79 Å². The lowest BCUT2D eigenvalue weighted by molar-refractivity contribution is 0.0915. The van der Waals surface area contributed by atoms with Crippen molar-refractivity contribution in [2.24, 2.45) is 5.73 Å². The Morgan fingerprint density at radius 1 is 1.38 bits per heavy atom. The van der Waals surface area contributed by atoms with Gasteiger partial charge in [-0.15, -0.1) is 0 Å². The summed E-state index contributed by atoms with van der Waals surface area (Å²) in [5.74, 6) is -0.161. The van der Waals surface area contributed by atoms with Crippen LogP contribution in [0, 0.1) is 6.92 Å². The van der Waals surface area contributed by atoms with E-state index < -0.39 is 5.54 Å². The fourth-order valence-corrected chi connectivity index (χ4v) is 2.17. The summed E-state index contributed by atoms with van der Waals surface area (Å²) < 4.78 is 2.75. The molecule has 0 atom stereocenters. The first kappa shape index (κ1) is 15.7. The molecule has 0 aliphatic heterocycles. The molecule has 1 amide bonds. The number of nitrogens with one attached hydrogen (secondary N) is 1. The fourth-order valence-electron chi connectivity index (χ4n) is 1.90. The molecule has 1 aromatic heterocycles. The van der Waals surface area contributed by atoms with Gasteiger partial charge in [0.05, 0.1) is 23.1 Å².